The van der Waals surface area contributed by atoms with E-state index in [0.717, 1.165) is 11.1 Å². The van der Waals surface area contributed by atoms with Gasteiger partial charge in [-0.25, -0.2) is 4.79 Å². The maximum absolute atomic E-state index is 11.7. The summed E-state index contributed by atoms with van der Waals surface area (Å²) in [4.78, 5) is 11.7. The minimum Gasteiger partial charge on any atom is -0.422 e. The Bertz CT molecular complexity index is 707. The van der Waals surface area contributed by atoms with Gasteiger partial charge in [-0.3, -0.25) is 0 Å². The van der Waals surface area contributed by atoms with Crippen LogP contribution in [0.3, 0.4) is 0 Å². The molecule has 3 nitrogen and oxygen atoms in total. The quantitative estimate of drug-likeness (QED) is 0.637. The number of hydrogen-bond donors (Lipinski definition) is 1. The van der Waals surface area contributed by atoms with Crippen LogP contribution in [0, 0.1) is 0 Å². The van der Waals surface area contributed by atoms with E-state index in [-0.39, 0.29) is 5.97 Å². The van der Waals surface area contributed by atoms with Crippen molar-refractivity contribution in [3.8, 4) is 0 Å². The highest BCUT2D eigenvalue weighted by atomic mass is 35.5. The number of cyclic esters (lactones) is 1. The lowest BCUT2D eigenvalue weighted by molar-refractivity contribution is 0.0717. The number of halogens is 1. The summed E-state index contributed by atoms with van der Waals surface area (Å²) in [6.07, 6.45) is 1.73. The molecule has 19 heavy (non-hydrogen) atoms. The first-order chi connectivity index (χ1) is 9.15. The Morgan fingerprint density at radius 2 is 1.84 bits per heavy atom. The van der Waals surface area contributed by atoms with E-state index in [0.29, 0.717) is 22.0 Å². The zero-order valence-corrected chi connectivity index (χ0v) is 10.6. The van der Waals surface area contributed by atoms with E-state index in [9.17, 15) is 4.79 Å². The summed E-state index contributed by atoms with van der Waals surface area (Å²) in [5.41, 5.74) is 8.52. The van der Waals surface area contributed by atoms with Crippen LogP contribution in [0.5, 0.6) is 0 Å². The zero-order chi connectivity index (χ0) is 13.4. The summed E-state index contributed by atoms with van der Waals surface area (Å²) >= 11 is 5.94. The lowest BCUT2D eigenvalue weighted by Crippen LogP contribution is -1.92. The smallest absolute Gasteiger partial charge is 0.344 e. The van der Waals surface area contributed by atoms with E-state index < -0.39 is 0 Å². The molecule has 2 aromatic carbocycles. The van der Waals surface area contributed by atoms with E-state index in [1.165, 1.54) is 0 Å². The molecule has 2 N–H and O–H groups in total. The first kappa shape index (κ1) is 11.8. The van der Waals surface area contributed by atoms with Crippen molar-refractivity contribution in [1.29, 1.82) is 0 Å². The van der Waals surface area contributed by atoms with Crippen molar-refractivity contribution >= 4 is 35.1 Å². The fraction of sp³-hybridized carbons (Fsp3) is 0. The summed E-state index contributed by atoms with van der Waals surface area (Å²) in [5.74, 6) is 0.150. The standard InChI is InChI=1S/C15H10ClNO2/c16-10-5-6-13(17)9(7-10)8-14-11-3-1-2-4-12(11)15(18)19-14/h1-8H,17H2. The van der Waals surface area contributed by atoms with Crippen LogP contribution in [0.4, 0.5) is 5.69 Å². The number of ether oxygens (including phenoxy) is 1. The molecule has 0 amide bonds. The molecule has 0 radical (unpaired) electrons. The van der Waals surface area contributed by atoms with E-state index in [4.69, 9.17) is 22.1 Å². The molecule has 0 aromatic heterocycles. The van der Waals surface area contributed by atoms with Gasteiger partial charge in [0.15, 0.2) is 0 Å². The first-order valence-corrected chi connectivity index (χ1v) is 6.11. The summed E-state index contributed by atoms with van der Waals surface area (Å²) in [6.45, 7) is 0. The third-order valence-corrected chi connectivity index (χ3v) is 3.19. The molecular formula is C15H10ClNO2. The molecule has 0 aliphatic carbocycles. The molecule has 94 valence electrons. The van der Waals surface area contributed by atoms with Gasteiger partial charge in [0.05, 0.1) is 5.56 Å². The Morgan fingerprint density at radius 1 is 1.11 bits per heavy atom. The van der Waals surface area contributed by atoms with Gasteiger partial charge in [0.1, 0.15) is 5.76 Å². The minimum atomic E-state index is -0.345. The Labute approximate surface area is 115 Å². The summed E-state index contributed by atoms with van der Waals surface area (Å²) in [5, 5.41) is 0.582. The van der Waals surface area contributed by atoms with Gasteiger partial charge in [0.2, 0.25) is 0 Å². The lowest BCUT2D eigenvalue weighted by Gasteiger charge is -2.03. The largest absolute Gasteiger partial charge is 0.422 e. The maximum atomic E-state index is 11.7. The predicted octanol–water partition coefficient (Wildman–Crippen LogP) is 3.59. The second kappa shape index (κ2) is 4.44. The molecule has 1 heterocycles. The fourth-order valence-corrected chi connectivity index (χ4v) is 2.19. The molecule has 3 rings (SSSR count). The fourth-order valence-electron chi connectivity index (χ4n) is 2.00. The van der Waals surface area contributed by atoms with Crippen molar-refractivity contribution in [3.63, 3.8) is 0 Å². The molecular weight excluding hydrogens is 262 g/mol. The Kier molecular flexibility index (Phi) is 2.76. The molecule has 2 aromatic rings. The average Bonchev–Trinajstić information content (AvgIpc) is 2.72. The molecule has 0 saturated heterocycles. The van der Waals surface area contributed by atoms with Crippen molar-refractivity contribution in [2.45, 2.75) is 0 Å². The third-order valence-electron chi connectivity index (χ3n) is 2.95. The topological polar surface area (TPSA) is 52.3 Å². The maximum Gasteiger partial charge on any atom is 0.344 e. The van der Waals surface area contributed by atoms with Crippen molar-refractivity contribution in [3.05, 3.63) is 64.2 Å². The highest BCUT2D eigenvalue weighted by molar-refractivity contribution is 6.30. The molecule has 0 fully saturated rings. The van der Waals surface area contributed by atoms with E-state index in [2.05, 4.69) is 0 Å². The zero-order valence-electron chi connectivity index (χ0n) is 9.89. The molecule has 0 unspecified atom stereocenters. The summed E-state index contributed by atoms with van der Waals surface area (Å²) in [7, 11) is 0. The van der Waals surface area contributed by atoms with Crippen LogP contribution in [-0.2, 0) is 4.74 Å². The number of nitrogens with two attached hydrogens (primary N) is 1. The van der Waals surface area contributed by atoms with Crippen molar-refractivity contribution in [1.82, 2.24) is 0 Å². The highest BCUT2D eigenvalue weighted by Gasteiger charge is 2.25. The van der Waals surface area contributed by atoms with Gasteiger partial charge in [0.25, 0.3) is 0 Å². The Morgan fingerprint density at radius 3 is 2.63 bits per heavy atom. The predicted molar refractivity (Wildman–Crippen MR) is 75.6 cm³/mol. The number of carbonyl (C=O) groups excluding carboxylic acids is 1. The SMILES string of the molecule is Nc1ccc(Cl)cc1C=C1OC(=O)c2ccccc21. The molecule has 0 saturated carbocycles. The second-order valence-corrected chi connectivity index (χ2v) is 4.65. The minimum absolute atomic E-state index is 0.345. The van der Waals surface area contributed by atoms with E-state index >= 15 is 0 Å². The molecule has 1 aliphatic rings. The van der Waals surface area contributed by atoms with Gasteiger partial charge < -0.3 is 10.5 Å². The van der Waals surface area contributed by atoms with E-state index in [1.54, 1.807) is 36.4 Å². The van der Waals surface area contributed by atoms with Crippen LogP contribution in [0.2, 0.25) is 5.02 Å². The molecule has 0 bridgehead atoms. The Balaban J connectivity index is 2.11. The van der Waals surface area contributed by atoms with Gasteiger partial charge >= 0.3 is 5.97 Å². The summed E-state index contributed by atoms with van der Waals surface area (Å²) < 4.78 is 5.25. The second-order valence-electron chi connectivity index (χ2n) is 4.22. The highest BCUT2D eigenvalue weighted by Crippen LogP contribution is 2.32. The van der Waals surface area contributed by atoms with Gasteiger partial charge in [-0.05, 0) is 30.3 Å². The number of benzene rings is 2. The average molecular weight is 272 g/mol. The van der Waals surface area contributed by atoms with Crippen molar-refractivity contribution in [2.24, 2.45) is 0 Å². The van der Waals surface area contributed by atoms with Gasteiger partial charge in [0, 0.05) is 21.8 Å². The van der Waals surface area contributed by atoms with Gasteiger partial charge in [-0.15, -0.1) is 0 Å². The van der Waals surface area contributed by atoms with Gasteiger partial charge in [-0.2, -0.15) is 0 Å². The molecule has 0 spiro atoms. The third kappa shape index (κ3) is 2.09. The van der Waals surface area contributed by atoms with Crippen molar-refractivity contribution < 1.29 is 9.53 Å². The van der Waals surface area contributed by atoms with Crippen molar-refractivity contribution in [2.75, 3.05) is 5.73 Å². The molecule has 1 aliphatic heterocycles. The number of anilines is 1. The number of esters is 1. The number of hydrogen-bond acceptors (Lipinski definition) is 3. The summed E-state index contributed by atoms with van der Waals surface area (Å²) in [6, 6.07) is 12.4. The van der Waals surface area contributed by atoms with E-state index in [1.807, 2.05) is 12.1 Å². The Hall–Kier alpha value is -2.26. The normalized spacial score (nSPS) is 15.4. The first-order valence-electron chi connectivity index (χ1n) is 5.73. The van der Waals surface area contributed by atoms with Crippen LogP contribution in [-0.4, -0.2) is 5.97 Å². The van der Waals surface area contributed by atoms with Crippen LogP contribution in [0.1, 0.15) is 21.5 Å². The number of rotatable bonds is 1. The number of fused-ring (bicyclic) bond motifs is 1. The number of carbonyl (C=O) groups is 1. The van der Waals surface area contributed by atoms with Crippen LogP contribution >= 0.6 is 11.6 Å². The van der Waals surface area contributed by atoms with Gasteiger partial charge in [-0.1, -0.05) is 29.8 Å². The number of nitrogen functional groups attached to an aromatic ring is 1. The van der Waals surface area contributed by atoms with Crippen LogP contribution < -0.4 is 5.73 Å². The van der Waals surface area contributed by atoms with Crippen LogP contribution in [0.15, 0.2) is 42.5 Å². The monoisotopic (exact) mass is 271 g/mol. The molecule has 4 heteroatoms. The lowest BCUT2D eigenvalue weighted by atomic mass is 10.1. The van der Waals surface area contributed by atoms with Crippen LogP contribution in [0.25, 0.3) is 11.8 Å². The molecule has 0 atom stereocenters.